The van der Waals surface area contributed by atoms with E-state index in [0.717, 1.165) is 0 Å². The first-order chi connectivity index (χ1) is 22.4. The predicted molar refractivity (Wildman–Crippen MR) is 175 cm³/mol. The molecule has 4 aromatic carbocycles. The van der Waals surface area contributed by atoms with Crippen molar-refractivity contribution in [3.05, 3.63) is 72.8 Å². The lowest BCUT2D eigenvalue weighted by Gasteiger charge is -2.18. The highest BCUT2D eigenvalue weighted by Gasteiger charge is 2.18. The average molecular weight is 665 g/mol. The Kier molecular flexibility index (Phi) is 10.6. The number of phenols is 4. The highest BCUT2D eigenvalue weighted by atomic mass is 16.3. The van der Waals surface area contributed by atoms with Crippen LogP contribution in [-0.2, 0) is 0 Å². The van der Waals surface area contributed by atoms with Gasteiger partial charge in [-0.2, -0.15) is 0 Å². The normalized spacial score (nSPS) is 10.2. The van der Waals surface area contributed by atoms with Crippen molar-refractivity contribution < 1.29 is 39.6 Å². The van der Waals surface area contributed by atoms with Crippen LogP contribution in [0.5, 0.6) is 23.0 Å². The van der Waals surface area contributed by atoms with E-state index >= 15 is 0 Å². The number of carbonyl (C=O) groups is 4. The second kappa shape index (κ2) is 14.4. The van der Waals surface area contributed by atoms with Crippen LogP contribution in [0.2, 0.25) is 0 Å². The number of aromatic hydroxyl groups is 4. The molecule has 0 aliphatic carbocycles. The van der Waals surface area contributed by atoms with E-state index in [9.17, 15) is 39.6 Å². The zero-order valence-corrected chi connectivity index (χ0v) is 24.8. The highest BCUT2D eigenvalue weighted by Crippen LogP contribution is 2.37. The number of hydrogen-bond acceptors (Lipinski definition) is 12. The molecule has 4 aromatic rings. The number of anilines is 4. The summed E-state index contributed by atoms with van der Waals surface area (Å²) in [6, 6.07) is 13.2. The Hall–Kier alpha value is -7.00. The van der Waals surface area contributed by atoms with Gasteiger partial charge in [0.25, 0.3) is 0 Å². The number of primary amides is 4. The van der Waals surface area contributed by atoms with Gasteiger partial charge >= 0.3 is 24.1 Å². The largest absolute Gasteiger partial charge is 0.506 e. The SMILES string of the molecule is NC(=O)N(N)c1cc(-c2ccc(O)c(N(N)C(N)=O)c2)ccc1O.NC(=O)N(N)c1cc(-c2ccc(O)c(N(N)C(N)=O)c2)ccc1O. The van der Waals surface area contributed by atoms with Crippen molar-refractivity contribution >= 4 is 46.9 Å². The Balaban J connectivity index is 0.000000260. The Morgan fingerprint density at radius 3 is 0.688 bits per heavy atom. The molecule has 20 heteroatoms. The molecule has 0 saturated carbocycles. The van der Waals surface area contributed by atoms with E-state index in [1.54, 1.807) is 0 Å². The molecule has 0 aliphatic rings. The minimum atomic E-state index is -0.962. The van der Waals surface area contributed by atoms with Gasteiger partial charge in [0.2, 0.25) is 0 Å². The molecule has 0 radical (unpaired) electrons. The maximum absolute atomic E-state index is 11.2. The number of nitrogens with two attached hydrogens (primary N) is 8. The van der Waals surface area contributed by atoms with Crippen LogP contribution in [0.3, 0.4) is 0 Å². The fourth-order valence-corrected chi connectivity index (χ4v) is 4.06. The van der Waals surface area contributed by atoms with Crippen molar-refractivity contribution in [2.75, 3.05) is 20.0 Å². The number of rotatable bonds is 6. The first-order valence-electron chi connectivity index (χ1n) is 13.1. The third kappa shape index (κ3) is 7.79. The summed E-state index contributed by atoms with van der Waals surface area (Å²) in [7, 11) is 0. The van der Waals surface area contributed by atoms with Gasteiger partial charge < -0.3 is 43.4 Å². The minimum Gasteiger partial charge on any atom is -0.506 e. The quantitative estimate of drug-likeness (QED) is 0.0764. The molecule has 8 amide bonds. The first-order valence-corrected chi connectivity index (χ1v) is 13.1. The van der Waals surface area contributed by atoms with Crippen LogP contribution in [0, 0.1) is 0 Å². The molecular weight excluding hydrogens is 632 g/mol. The highest BCUT2D eigenvalue weighted by molar-refractivity contribution is 5.95. The fourth-order valence-electron chi connectivity index (χ4n) is 4.06. The predicted octanol–water partition coefficient (Wildman–Crippen LogP) is 0.565. The van der Waals surface area contributed by atoms with Crippen molar-refractivity contribution in [2.45, 2.75) is 0 Å². The zero-order valence-electron chi connectivity index (χ0n) is 24.8. The van der Waals surface area contributed by atoms with Gasteiger partial charge in [-0.05, 0) is 70.8 Å². The third-order valence-electron chi connectivity index (χ3n) is 6.56. The van der Waals surface area contributed by atoms with Gasteiger partial charge in [0.15, 0.2) is 0 Å². The van der Waals surface area contributed by atoms with Crippen molar-refractivity contribution in [1.29, 1.82) is 0 Å². The van der Waals surface area contributed by atoms with Crippen molar-refractivity contribution in [3.8, 4) is 45.3 Å². The fraction of sp³-hybridized carbons (Fsp3) is 0. The summed E-state index contributed by atoms with van der Waals surface area (Å²) >= 11 is 0. The maximum atomic E-state index is 11.2. The Morgan fingerprint density at radius 2 is 0.542 bits per heavy atom. The molecular formula is C28H32N12O8. The number of benzene rings is 4. The van der Waals surface area contributed by atoms with Crippen LogP contribution < -0.4 is 66.3 Å². The third-order valence-corrected chi connectivity index (χ3v) is 6.56. The second-order valence-electron chi connectivity index (χ2n) is 9.65. The molecule has 0 saturated heterocycles. The van der Waals surface area contributed by atoms with Gasteiger partial charge in [-0.15, -0.1) is 0 Å². The molecule has 0 aliphatic heterocycles. The molecule has 0 spiro atoms. The Bertz CT molecular complexity index is 1620. The van der Waals surface area contributed by atoms with E-state index in [4.69, 9.17) is 46.3 Å². The van der Waals surface area contributed by atoms with E-state index in [2.05, 4.69) is 0 Å². The molecule has 0 bridgehead atoms. The molecule has 20 N–H and O–H groups in total. The van der Waals surface area contributed by atoms with Crippen LogP contribution in [0.1, 0.15) is 0 Å². The number of urea groups is 4. The number of hydrazine groups is 4. The van der Waals surface area contributed by atoms with Crippen LogP contribution in [0.25, 0.3) is 22.3 Å². The summed E-state index contributed by atoms with van der Waals surface area (Å²) < 4.78 is 0. The van der Waals surface area contributed by atoms with Crippen LogP contribution in [-0.4, -0.2) is 44.6 Å². The Labute approximate surface area is 271 Å². The number of hydrogen-bond donors (Lipinski definition) is 12. The lowest BCUT2D eigenvalue weighted by atomic mass is 10.0. The van der Waals surface area contributed by atoms with Crippen LogP contribution in [0.4, 0.5) is 41.9 Å². The number of carbonyl (C=O) groups excluding carboxylic acids is 4. The molecule has 0 atom stereocenters. The van der Waals surface area contributed by atoms with E-state index in [0.29, 0.717) is 42.3 Å². The van der Waals surface area contributed by atoms with Crippen molar-refractivity contribution in [1.82, 2.24) is 0 Å². The lowest BCUT2D eigenvalue weighted by Crippen LogP contribution is -2.41. The minimum absolute atomic E-state index is 0.0193. The van der Waals surface area contributed by atoms with E-state index in [-0.39, 0.29) is 45.7 Å². The van der Waals surface area contributed by atoms with Gasteiger partial charge in [-0.3, -0.25) is 0 Å². The molecule has 252 valence electrons. The summed E-state index contributed by atoms with van der Waals surface area (Å²) in [6.45, 7) is 0. The van der Waals surface area contributed by atoms with Gasteiger partial charge in [0.1, 0.15) is 45.7 Å². The second-order valence-corrected chi connectivity index (χ2v) is 9.65. The van der Waals surface area contributed by atoms with Crippen molar-refractivity contribution in [2.24, 2.45) is 46.3 Å². The Morgan fingerprint density at radius 1 is 0.375 bits per heavy atom. The molecule has 0 fully saturated rings. The monoisotopic (exact) mass is 664 g/mol. The first kappa shape index (κ1) is 35.5. The number of nitrogens with zero attached hydrogens (tertiary/aromatic N) is 4. The van der Waals surface area contributed by atoms with E-state index in [1.807, 2.05) is 0 Å². The number of phenolic OH excluding ortho intramolecular Hbond substituents is 4. The van der Waals surface area contributed by atoms with E-state index in [1.165, 1.54) is 72.8 Å². The maximum Gasteiger partial charge on any atom is 0.333 e. The molecule has 20 nitrogen and oxygen atoms in total. The molecule has 0 unspecified atom stereocenters. The number of amides is 8. The van der Waals surface area contributed by atoms with Gasteiger partial charge in [0, 0.05) is 0 Å². The molecule has 4 rings (SSSR count). The lowest BCUT2D eigenvalue weighted by molar-refractivity contribution is 0.253. The van der Waals surface area contributed by atoms with Crippen LogP contribution in [0.15, 0.2) is 72.8 Å². The van der Waals surface area contributed by atoms with Gasteiger partial charge in [0.05, 0.1) is 0 Å². The van der Waals surface area contributed by atoms with E-state index < -0.39 is 24.1 Å². The summed E-state index contributed by atoms with van der Waals surface area (Å²) in [5, 5.41) is 41.5. The molecule has 0 heterocycles. The van der Waals surface area contributed by atoms with Gasteiger partial charge in [-0.25, -0.2) is 62.6 Å². The molecule has 48 heavy (non-hydrogen) atoms. The zero-order chi connectivity index (χ0) is 36.0. The standard InChI is InChI=1S/2C14H16N6O4/c2*15-13(23)19(17)9-5-7(1-3-11(9)21)8-2-4-12(22)10(6-8)20(18)14(16)24/h2*1-6,21-22H,17-18H2,(H2,15,23)(H2,16,24). The topological polar surface area (TPSA) is 370 Å². The summed E-state index contributed by atoms with van der Waals surface area (Å²) in [6.07, 6.45) is 0. The van der Waals surface area contributed by atoms with Crippen LogP contribution >= 0.6 is 0 Å². The van der Waals surface area contributed by atoms with Crippen molar-refractivity contribution in [3.63, 3.8) is 0 Å². The molecule has 0 aromatic heterocycles. The van der Waals surface area contributed by atoms with Gasteiger partial charge in [-0.1, -0.05) is 24.3 Å². The average Bonchev–Trinajstić information content (AvgIpc) is 3.04. The summed E-state index contributed by atoms with van der Waals surface area (Å²) in [5.41, 5.74) is 22.3. The smallest absolute Gasteiger partial charge is 0.333 e. The summed E-state index contributed by atoms with van der Waals surface area (Å²) in [4.78, 5) is 44.7. The summed E-state index contributed by atoms with van der Waals surface area (Å²) in [5.74, 6) is 21.0.